The highest BCUT2D eigenvalue weighted by molar-refractivity contribution is 7.89. The van der Waals surface area contributed by atoms with E-state index in [9.17, 15) is 18.0 Å². The van der Waals surface area contributed by atoms with E-state index in [1.54, 1.807) is 0 Å². The maximum Gasteiger partial charge on any atom is 0.243 e. The third-order valence-electron chi connectivity index (χ3n) is 5.18. The van der Waals surface area contributed by atoms with Gasteiger partial charge in [-0.2, -0.15) is 4.31 Å². The molecule has 2 N–H and O–H groups in total. The number of benzene rings is 1. The van der Waals surface area contributed by atoms with Gasteiger partial charge >= 0.3 is 0 Å². The summed E-state index contributed by atoms with van der Waals surface area (Å²) in [5.74, 6) is -0.00461. The lowest BCUT2D eigenvalue weighted by molar-refractivity contribution is -0.122. The Morgan fingerprint density at radius 3 is 2.46 bits per heavy atom. The number of rotatable bonds is 9. The van der Waals surface area contributed by atoms with Crippen LogP contribution in [0.3, 0.4) is 0 Å². The Balaban J connectivity index is 1.95. The Bertz CT molecular complexity index is 777. The van der Waals surface area contributed by atoms with Gasteiger partial charge in [-0.1, -0.05) is 26.2 Å². The molecule has 8 heteroatoms. The minimum absolute atomic E-state index is 0.0820. The maximum atomic E-state index is 12.7. The van der Waals surface area contributed by atoms with Crippen molar-refractivity contribution < 1.29 is 18.0 Å². The van der Waals surface area contributed by atoms with Crippen LogP contribution >= 0.6 is 0 Å². The number of anilines is 1. The molecule has 2 amide bonds. The second-order valence-corrected chi connectivity index (χ2v) is 9.52. The first kappa shape index (κ1) is 22.4. The Kier molecular flexibility index (Phi) is 8.00. The lowest BCUT2D eigenvalue weighted by atomic mass is 9.97. The second kappa shape index (κ2) is 10.0. The van der Waals surface area contributed by atoms with E-state index >= 15 is 0 Å². The highest BCUT2D eigenvalue weighted by atomic mass is 32.2. The molecule has 1 aliphatic carbocycles. The molecule has 28 heavy (non-hydrogen) atoms. The van der Waals surface area contributed by atoms with Crippen molar-refractivity contribution in [3.63, 3.8) is 0 Å². The quantitative estimate of drug-likeness (QED) is 0.655. The molecule has 0 heterocycles. The number of likely N-dealkylation sites (N-methyl/N-ethyl adjacent to an activating group) is 1. The van der Waals surface area contributed by atoms with E-state index in [0.29, 0.717) is 11.6 Å². The van der Waals surface area contributed by atoms with Gasteiger partial charge in [-0.15, -0.1) is 0 Å². The minimum atomic E-state index is -3.78. The largest absolute Gasteiger partial charge is 0.352 e. The SMILES string of the molecule is CCCCC1CCCC1NC(=O)CN(C)S(=O)(=O)c1ccc(NC(C)=O)cc1. The van der Waals surface area contributed by atoms with Crippen LogP contribution in [0.15, 0.2) is 29.2 Å². The van der Waals surface area contributed by atoms with Crippen molar-refractivity contribution in [2.24, 2.45) is 5.92 Å². The van der Waals surface area contributed by atoms with Crippen molar-refractivity contribution in [1.82, 2.24) is 9.62 Å². The summed E-state index contributed by atoms with van der Waals surface area (Å²) in [4.78, 5) is 23.6. The van der Waals surface area contributed by atoms with Crippen LogP contribution in [0.1, 0.15) is 52.4 Å². The van der Waals surface area contributed by atoms with Gasteiger partial charge in [-0.25, -0.2) is 8.42 Å². The fourth-order valence-electron chi connectivity index (χ4n) is 3.67. The zero-order valence-electron chi connectivity index (χ0n) is 16.9. The van der Waals surface area contributed by atoms with E-state index in [1.165, 1.54) is 38.2 Å². The van der Waals surface area contributed by atoms with Crippen LogP contribution in [-0.2, 0) is 19.6 Å². The van der Waals surface area contributed by atoms with Crippen LogP contribution in [-0.4, -0.2) is 44.2 Å². The molecule has 0 aliphatic heterocycles. The molecule has 0 aromatic heterocycles. The first-order valence-corrected chi connectivity index (χ1v) is 11.3. The van der Waals surface area contributed by atoms with Gasteiger partial charge in [-0.05, 0) is 49.4 Å². The predicted molar refractivity (Wildman–Crippen MR) is 109 cm³/mol. The highest BCUT2D eigenvalue weighted by Crippen LogP contribution is 2.29. The van der Waals surface area contributed by atoms with E-state index in [0.717, 1.165) is 42.8 Å². The number of nitrogens with zero attached hydrogens (tertiary/aromatic N) is 1. The van der Waals surface area contributed by atoms with Crippen LogP contribution in [0, 0.1) is 5.92 Å². The third-order valence-corrected chi connectivity index (χ3v) is 7.00. The van der Waals surface area contributed by atoms with Gasteiger partial charge < -0.3 is 10.6 Å². The second-order valence-electron chi connectivity index (χ2n) is 7.47. The van der Waals surface area contributed by atoms with Gasteiger partial charge in [0.15, 0.2) is 0 Å². The van der Waals surface area contributed by atoms with E-state index in [2.05, 4.69) is 17.6 Å². The number of nitrogens with one attached hydrogen (secondary N) is 2. The van der Waals surface area contributed by atoms with E-state index in [-0.39, 0.29) is 29.3 Å². The molecule has 1 aromatic rings. The molecule has 1 fully saturated rings. The van der Waals surface area contributed by atoms with Crippen LogP contribution in [0.2, 0.25) is 0 Å². The van der Waals surface area contributed by atoms with Crippen LogP contribution in [0.5, 0.6) is 0 Å². The van der Waals surface area contributed by atoms with Crippen molar-refractivity contribution in [3.05, 3.63) is 24.3 Å². The van der Waals surface area contributed by atoms with Gasteiger partial charge in [0.1, 0.15) is 0 Å². The maximum absolute atomic E-state index is 12.7. The topological polar surface area (TPSA) is 95.6 Å². The average molecular weight is 410 g/mol. The van der Waals surface area contributed by atoms with Gasteiger partial charge in [0.25, 0.3) is 0 Å². The zero-order valence-corrected chi connectivity index (χ0v) is 17.7. The third kappa shape index (κ3) is 6.04. The summed E-state index contributed by atoms with van der Waals surface area (Å²) in [7, 11) is -2.38. The van der Waals surface area contributed by atoms with E-state index in [1.807, 2.05) is 0 Å². The molecule has 1 aliphatic rings. The average Bonchev–Trinajstić information content (AvgIpc) is 3.06. The summed E-state index contributed by atoms with van der Waals surface area (Å²) in [6, 6.07) is 6.05. The molecule has 1 saturated carbocycles. The Morgan fingerprint density at radius 1 is 1.18 bits per heavy atom. The van der Waals surface area contributed by atoms with Gasteiger partial charge in [0, 0.05) is 25.7 Å². The smallest absolute Gasteiger partial charge is 0.243 e. The number of sulfonamides is 1. The van der Waals surface area contributed by atoms with Gasteiger partial charge in [-0.3, -0.25) is 9.59 Å². The molecular weight excluding hydrogens is 378 g/mol. The van der Waals surface area contributed by atoms with E-state index in [4.69, 9.17) is 0 Å². The van der Waals surface area contributed by atoms with Crippen molar-refractivity contribution in [2.45, 2.75) is 63.3 Å². The van der Waals surface area contributed by atoms with Crippen molar-refractivity contribution in [2.75, 3.05) is 18.9 Å². The Hall–Kier alpha value is -1.93. The number of amides is 2. The fraction of sp³-hybridized carbons (Fsp3) is 0.600. The summed E-state index contributed by atoms with van der Waals surface area (Å²) in [6.45, 7) is 3.33. The molecule has 0 spiro atoms. The molecule has 0 radical (unpaired) electrons. The summed E-state index contributed by atoms with van der Waals surface area (Å²) in [5, 5.41) is 5.62. The van der Waals surface area contributed by atoms with Crippen LogP contribution < -0.4 is 10.6 Å². The number of unbranched alkanes of at least 4 members (excludes halogenated alkanes) is 1. The molecule has 0 saturated heterocycles. The fourth-order valence-corrected chi connectivity index (χ4v) is 4.80. The Labute approximate surface area is 167 Å². The number of hydrogen-bond donors (Lipinski definition) is 2. The summed E-state index contributed by atoms with van der Waals surface area (Å²) >= 11 is 0. The molecule has 156 valence electrons. The zero-order chi connectivity index (χ0) is 20.7. The van der Waals surface area contributed by atoms with Gasteiger partial charge in [0.2, 0.25) is 21.8 Å². The number of hydrogen-bond acceptors (Lipinski definition) is 4. The normalized spacial score (nSPS) is 19.6. The predicted octanol–water partition coefficient (Wildman–Crippen LogP) is 2.74. The first-order chi connectivity index (χ1) is 13.2. The monoisotopic (exact) mass is 409 g/mol. The van der Waals surface area contributed by atoms with Gasteiger partial charge in [0.05, 0.1) is 11.4 Å². The van der Waals surface area contributed by atoms with Crippen molar-refractivity contribution in [3.8, 4) is 0 Å². The minimum Gasteiger partial charge on any atom is -0.352 e. The number of carbonyl (C=O) groups is 2. The summed E-state index contributed by atoms with van der Waals surface area (Å²) in [5.41, 5.74) is 0.520. The standard InChI is InChI=1S/C20H31N3O4S/c1-4-5-7-16-8-6-9-19(16)22-20(25)14-23(3)28(26,27)18-12-10-17(11-13-18)21-15(2)24/h10-13,16,19H,4-9,14H2,1-3H3,(H,21,24)(H,22,25). The first-order valence-electron chi connectivity index (χ1n) is 9.87. The summed E-state index contributed by atoms with van der Waals surface area (Å²) < 4.78 is 26.5. The molecule has 2 unspecified atom stereocenters. The summed E-state index contributed by atoms with van der Waals surface area (Å²) in [6.07, 6.45) is 6.59. The molecule has 2 atom stereocenters. The van der Waals surface area contributed by atoms with Crippen LogP contribution in [0.4, 0.5) is 5.69 Å². The lowest BCUT2D eigenvalue weighted by Gasteiger charge is -2.23. The van der Waals surface area contributed by atoms with Crippen molar-refractivity contribution in [1.29, 1.82) is 0 Å². The molecule has 1 aromatic carbocycles. The van der Waals surface area contributed by atoms with E-state index < -0.39 is 10.0 Å². The molecule has 0 bridgehead atoms. The molecular formula is C20H31N3O4S. The Morgan fingerprint density at radius 2 is 1.86 bits per heavy atom. The number of carbonyl (C=O) groups excluding carboxylic acids is 2. The van der Waals surface area contributed by atoms with Crippen molar-refractivity contribution >= 4 is 27.5 Å². The molecule has 7 nitrogen and oxygen atoms in total. The lowest BCUT2D eigenvalue weighted by Crippen LogP contribution is -2.44. The molecule has 2 rings (SSSR count). The van der Waals surface area contributed by atoms with Crippen LogP contribution in [0.25, 0.3) is 0 Å². The highest BCUT2D eigenvalue weighted by Gasteiger charge is 2.29.